The molecule has 0 spiro atoms. The van der Waals surface area contributed by atoms with Crippen LogP contribution in [0.1, 0.15) is 47.4 Å². The van der Waals surface area contributed by atoms with Crippen LogP contribution in [0.5, 0.6) is 0 Å². The molecule has 0 fully saturated rings. The Kier molecular flexibility index (Phi) is 5.78. The average Bonchev–Trinajstić information content (AvgIpc) is 3.07. The molecule has 0 atom stereocenters. The fourth-order valence-corrected chi connectivity index (χ4v) is 3.50. The predicted molar refractivity (Wildman–Crippen MR) is 104 cm³/mol. The average molecular weight is 370 g/mol. The van der Waals surface area contributed by atoms with Gasteiger partial charge in [-0.1, -0.05) is 38.0 Å². The van der Waals surface area contributed by atoms with Gasteiger partial charge < -0.3 is 5.32 Å². The summed E-state index contributed by atoms with van der Waals surface area (Å²) in [6, 6.07) is 7.13. The molecule has 0 aliphatic carbocycles. The van der Waals surface area contributed by atoms with Crippen molar-refractivity contribution in [2.45, 2.75) is 46.2 Å². The number of benzene rings is 1. The third-order valence-electron chi connectivity index (χ3n) is 4.12. The summed E-state index contributed by atoms with van der Waals surface area (Å²) in [4.78, 5) is 29.7. The van der Waals surface area contributed by atoms with E-state index >= 15 is 0 Å². The van der Waals surface area contributed by atoms with Crippen LogP contribution >= 0.6 is 11.3 Å². The van der Waals surface area contributed by atoms with Gasteiger partial charge in [-0.05, 0) is 19.4 Å². The van der Waals surface area contributed by atoms with Gasteiger partial charge in [-0.25, -0.2) is 9.67 Å². The van der Waals surface area contributed by atoms with Crippen molar-refractivity contribution < 1.29 is 4.79 Å². The quantitative estimate of drug-likeness (QED) is 0.648. The number of rotatable bonds is 7. The lowest BCUT2D eigenvalue weighted by Crippen LogP contribution is -2.30. The molecule has 1 N–H and O–H groups in total. The highest BCUT2D eigenvalue weighted by Gasteiger charge is 2.16. The summed E-state index contributed by atoms with van der Waals surface area (Å²) in [7, 11) is 0. The van der Waals surface area contributed by atoms with E-state index < -0.39 is 0 Å². The number of aryl methyl sites for hydroxylation is 2. The normalized spacial score (nSPS) is 11.0. The van der Waals surface area contributed by atoms with Crippen LogP contribution in [0.25, 0.3) is 10.8 Å². The second kappa shape index (κ2) is 8.23. The molecule has 1 aromatic carbocycles. The number of thiazole rings is 1. The summed E-state index contributed by atoms with van der Waals surface area (Å²) in [5.41, 5.74) is 1.07. The monoisotopic (exact) mass is 370 g/mol. The van der Waals surface area contributed by atoms with Gasteiger partial charge in [-0.3, -0.25) is 9.59 Å². The molecule has 0 saturated heterocycles. The van der Waals surface area contributed by atoms with Crippen LogP contribution in [-0.4, -0.2) is 20.7 Å². The zero-order valence-electron chi connectivity index (χ0n) is 15.0. The van der Waals surface area contributed by atoms with E-state index in [1.54, 1.807) is 18.2 Å². The number of nitrogens with one attached hydrogen (secondary N) is 1. The third-order valence-corrected chi connectivity index (χ3v) is 5.09. The molecule has 0 unspecified atom stereocenters. The fraction of sp³-hybridized carbons (Fsp3) is 0.368. The van der Waals surface area contributed by atoms with Gasteiger partial charge in [0.2, 0.25) is 0 Å². The van der Waals surface area contributed by atoms with Crippen molar-refractivity contribution in [2.75, 3.05) is 0 Å². The van der Waals surface area contributed by atoms with Crippen LogP contribution in [0.15, 0.2) is 34.4 Å². The first kappa shape index (κ1) is 18.3. The first-order chi connectivity index (χ1) is 12.6. The van der Waals surface area contributed by atoms with Crippen LogP contribution in [-0.2, 0) is 13.1 Å². The highest BCUT2D eigenvalue weighted by Crippen LogP contribution is 2.14. The topological polar surface area (TPSA) is 76.9 Å². The number of nitrogens with zero attached hydrogens (tertiary/aromatic N) is 3. The molecule has 26 heavy (non-hydrogen) atoms. The minimum Gasteiger partial charge on any atom is -0.344 e. The lowest BCUT2D eigenvalue weighted by atomic mass is 10.1. The van der Waals surface area contributed by atoms with Crippen molar-refractivity contribution in [3.8, 4) is 0 Å². The standard InChI is InChI=1S/C19H22N4O2S/c1-3-4-7-10-23-19(25)15-9-6-5-8-14(15)17(22-23)18(24)20-11-16-21-13(2)12-26-16/h5-6,8-9,12H,3-4,7,10-11H2,1-2H3,(H,20,24). The molecule has 2 aromatic heterocycles. The Morgan fingerprint density at radius 1 is 1.23 bits per heavy atom. The first-order valence-corrected chi connectivity index (χ1v) is 9.67. The SMILES string of the molecule is CCCCCn1nc(C(=O)NCc2nc(C)cs2)c2ccccc2c1=O. The van der Waals surface area contributed by atoms with E-state index in [0.29, 0.717) is 23.9 Å². The summed E-state index contributed by atoms with van der Waals surface area (Å²) < 4.78 is 1.42. The molecule has 136 valence electrons. The number of hydrogen-bond acceptors (Lipinski definition) is 5. The van der Waals surface area contributed by atoms with Gasteiger partial charge in [0.15, 0.2) is 5.69 Å². The minimum atomic E-state index is -0.293. The maximum absolute atomic E-state index is 12.7. The van der Waals surface area contributed by atoms with Crippen molar-refractivity contribution >= 4 is 28.0 Å². The Morgan fingerprint density at radius 2 is 2.00 bits per heavy atom. The number of carbonyl (C=O) groups is 1. The largest absolute Gasteiger partial charge is 0.344 e. The number of aromatic nitrogens is 3. The van der Waals surface area contributed by atoms with E-state index in [4.69, 9.17) is 0 Å². The molecule has 0 saturated carbocycles. The van der Waals surface area contributed by atoms with E-state index in [-0.39, 0.29) is 17.2 Å². The highest BCUT2D eigenvalue weighted by atomic mass is 32.1. The minimum absolute atomic E-state index is 0.149. The number of unbranched alkanes of at least 4 members (excludes halogenated alkanes) is 2. The summed E-state index contributed by atoms with van der Waals surface area (Å²) >= 11 is 1.51. The van der Waals surface area contributed by atoms with E-state index in [1.165, 1.54) is 16.0 Å². The van der Waals surface area contributed by atoms with E-state index in [9.17, 15) is 9.59 Å². The molecule has 2 heterocycles. The summed E-state index contributed by atoms with van der Waals surface area (Å²) in [6.07, 6.45) is 2.94. The Hall–Kier alpha value is -2.54. The zero-order chi connectivity index (χ0) is 18.5. The Morgan fingerprint density at radius 3 is 2.69 bits per heavy atom. The van der Waals surface area contributed by atoms with Gasteiger partial charge in [0.25, 0.3) is 11.5 Å². The van der Waals surface area contributed by atoms with Gasteiger partial charge in [-0.2, -0.15) is 5.10 Å². The molecule has 3 aromatic rings. The van der Waals surface area contributed by atoms with E-state index in [1.807, 2.05) is 18.4 Å². The third kappa shape index (κ3) is 3.99. The summed E-state index contributed by atoms with van der Waals surface area (Å²) in [5, 5.41) is 11.1. The number of amides is 1. The van der Waals surface area contributed by atoms with Gasteiger partial charge in [0.1, 0.15) is 5.01 Å². The molecule has 0 aliphatic rings. The molecular formula is C19H22N4O2S. The smallest absolute Gasteiger partial charge is 0.274 e. The number of hydrogen-bond donors (Lipinski definition) is 1. The van der Waals surface area contributed by atoms with Gasteiger partial charge in [0.05, 0.1) is 11.9 Å². The Bertz CT molecular complexity index is 977. The van der Waals surface area contributed by atoms with Crippen LogP contribution in [0.4, 0.5) is 0 Å². The van der Waals surface area contributed by atoms with Crippen molar-refractivity contribution in [2.24, 2.45) is 0 Å². The molecule has 0 radical (unpaired) electrons. The van der Waals surface area contributed by atoms with E-state index in [2.05, 4.69) is 22.3 Å². The van der Waals surface area contributed by atoms with Gasteiger partial charge in [0, 0.05) is 23.0 Å². The van der Waals surface area contributed by atoms with Crippen molar-refractivity contribution in [1.29, 1.82) is 0 Å². The maximum atomic E-state index is 12.7. The Balaban J connectivity index is 1.91. The second-order valence-electron chi connectivity index (χ2n) is 6.19. The summed E-state index contributed by atoms with van der Waals surface area (Å²) in [6.45, 7) is 4.89. The van der Waals surface area contributed by atoms with Crippen LogP contribution in [0.2, 0.25) is 0 Å². The van der Waals surface area contributed by atoms with Crippen molar-refractivity contribution in [3.63, 3.8) is 0 Å². The number of fused-ring (bicyclic) bond motifs is 1. The predicted octanol–water partition coefficient (Wildman–Crippen LogP) is 3.28. The molecule has 0 bridgehead atoms. The highest BCUT2D eigenvalue weighted by molar-refractivity contribution is 7.09. The lowest BCUT2D eigenvalue weighted by molar-refractivity contribution is 0.0945. The van der Waals surface area contributed by atoms with Crippen LogP contribution in [0, 0.1) is 6.92 Å². The van der Waals surface area contributed by atoms with Gasteiger partial charge in [-0.15, -0.1) is 11.3 Å². The molecule has 0 aliphatic heterocycles. The number of carbonyl (C=O) groups excluding carboxylic acids is 1. The molecular weight excluding hydrogens is 348 g/mol. The van der Waals surface area contributed by atoms with Crippen molar-refractivity contribution in [3.05, 3.63) is 56.4 Å². The molecule has 3 rings (SSSR count). The molecule has 7 heteroatoms. The molecule has 1 amide bonds. The van der Waals surface area contributed by atoms with Crippen LogP contribution < -0.4 is 10.9 Å². The lowest BCUT2D eigenvalue weighted by Gasteiger charge is -2.11. The van der Waals surface area contributed by atoms with Gasteiger partial charge >= 0.3 is 0 Å². The fourth-order valence-electron chi connectivity index (χ4n) is 2.79. The van der Waals surface area contributed by atoms with Crippen molar-refractivity contribution in [1.82, 2.24) is 20.1 Å². The van der Waals surface area contributed by atoms with Crippen LogP contribution in [0.3, 0.4) is 0 Å². The summed E-state index contributed by atoms with van der Waals surface area (Å²) in [5.74, 6) is -0.293. The molecule has 6 nitrogen and oxygen atoms in total. The maximum Gasteiger partial charge on any atom is 0.274 e. The second-order valence-corrected chi connectivity index (χ2v) is 7.14. The first-order valence-electron chi connectivity index (χ1n) is 8.79. The zero-order valence-corrected chi connectivity index (χ0v) is 15.8. The van der Waals surface area contributed by atoms with E-state index in [0.717, 1.165) is 30.0 Å². The Labute approximate surface area is 155 Å².